The van der Waals surface area contributed by atoms with E-state index < -0.39 is 42.8 Å². The van der Waals surface area contributed by atoms with Crippen LogP contribution in [0.4, 0.5) is 10.3 Å². The molecule has 9 heteroatoms. The Balaban J connectivity index is 3.08. The van der Waals surface area contributed by atoms with Gasteiger partial charge in [0.05, 0.1) is 25.2 Å². The second-order valence-electron chi connectivity index (χ2n) is 4.03. The molecule has 0 fully saturated rings. The summed E-state index contributed by atoms with van der Waals surface area (Å²) in [6.07, 6.45) is 1.19. The molecule has 0 radical (unpaired) electrons. The summed E-state index contributed by atoms with van der Waals surface area (Å²) in [7, 11) is 0. The van der Waals surface area contributed by atoms with Gasteiger partial charge in [0.1, 0.15) is 19.5 Å². The summed E-state index contributed by atoms with van der Waals surface area (Å²) in [5.41, 5.74) is -1.44. The van der Waals surface area contributed by atoms with Gasteiger partial charge in [-0.3, -0.25) is 4.39 Å². The largest absolute Gasteiger partial charge is 0.434 e. The van der Waals surface area contributed by atoms with Gasteiger partial charge in [0.25, 0.3) is 0 Å². The standard InChI is InChI=1S/C9H14FN3O5/c10-3-9(5-15,6-16)4-12-1-7(2-14)11-8(12)13(17)18/h1,14-16H,2-6H2. The molecule has 0 unspecified atom stereocenters. The minimum absolute atomic E-state index is 0.0605. The van der Waals surface area contributed by atoms with Gasteiger partial charge in [-0.15, -0.1) is 0 Å². The van der Waals surface area contributed by atoms with Crippen molar-refractivity contribution >= 4 is 5.95 Å². The molecular weight excluding hydrogens is 249 g/mol. The maximum Gasteiger partial charge on any atom is 0.434 e. The van der Waals surface area contributed by atoms with Crippen LogP contribution in [-0.4, -0.2) is 49.7 Å². The van der Waals surface area contributed by atoms with Gasteiger partial charge in [-0.05, 0) is 4.92 Å². The fraction of sp³-hybridized carbons (Fsp3) is 0.667. The zero-order valence-electron chi connectivity index (χ0n) is 9.49. The van der Waals surface area contributed by atoms with Crippen molar-refractivity contribution in [3.05, 3.63) is 22.0 Å². The van der Waals surface area contributed by atoms with E-state index in [2.05, 4.69) is 4.98 Å². The van der Waals surface area contributed by atoms with E-state index in [9.17, 15) is 14.5 Å². The third-order valence-corrected chi connectivity index (χ3v) is 2.59. The second kappa shape index (κ2) is 5.85. The van der Waals surface area contributed by atoms with Crippen LogP contribution in [0.2, 0.25) is 0 Å². The molecule has 0 saturated heterocycles. The van der Waals surface area contributed by atoms with E-state index in [-0.39, 0.29) is 12.2 Å². The van der Waals surface area contributed by atoms with E-state index in [0.29, 0.717) is 0 Å². The summed E-state index contributed by atoms with van der Waals surface area (Å²) in [6, 6.07) is 0. The smallest absolute Gasteiger partial charge is 0.395 e. The third-order valence-electron chi connectivity index (χ3n) is 2.59. The first-order chi connectivity index (χ1) is 8.51. The Morgan fingerprint density at radius 3 is 2.44 bits per heavy atom. The first-order valence-corrected chi connectivity index (χ1v) is 5.11. The summed E-state index contributed by atoms with van der Waals surface area (Å²) in [5.74, 6) is -0.571. The van der Waals surface area contributed by atoms with Crippen molar-refractivity contribution in [2.45, 2.75) is 13.2 Å². The molecule has 0 aliphatic heterocycles. The van der Waals surface area contributed by atoms with Gasteiger partial charge in [0.15, 0.2) is 5.69 Å². The Morgan fingerprint density at radius 1 is 1.44 bits per heavy atom. The normalized spacial score (nSPS) is 11.8. The van der Waals surface area contributed by atoms with Crippen molar-refractivity contribution < 1.29 is 24.6 Å². The van der Waals surface area contributed by atoms with Crippen LogP contribution in [0.3, 0.4) is 0 Å². The number of aliphatic hydroxyl groups is 3. The lowest BCUT2D eigenvalue weighted by Crippen LogP contribution is -2.37. The summed E-state index contributed by atoms with van der Waals surface area (Å²) in [6.45, 7) is -3.16. The Bertz CT molecular complexity index is 410. The molecule has 0 bridgehead atoms. The maximum atomic E-state index is 12.8. The monoisotopic (exact) mass is 263 g/mol. The van der Waals surface area contributed by atoms with Gasteiger partial charge in [-0.1, -0.05) is 4.98 Å². The molecule has 1 heterocycles. The number of nitrogens with zero attached hydrogens (tertiary/aromatic N) is 3. The Kier molecular flexibility index (Phi) is 4.70. The van der Waals surface area contributed by atoms with Crippen molar-refractivity contribution in [3.63, 3.8) is 0 Å². The van der Waals surface area contributed by atoms with Gasteiger partial charge in [0.2, 0.25) is 0 Å². The van der Waals surface area contributed by atoms with Crippen LogP contribution in [0.5, 0.6) is 0 Å². The number of hydrogen-bond acceptors (Lipinski definition) is 6. The number of hydrogen-bond donors (Lipinski definition) is 3. The fourth-order valence-corrected chi connectivity index (χ4v) is 1.44. The lowest BCUT2D eigenvalue weighted by molar-refractivity contribution is -0.397. The first-order valence-electron chi connectivity index (χ1n) is 5.11. The van der Waals surface area contributed by atoms with Gasteiger partial charge >= 0.3 is 5.95 Å². The molecule has 0 aliphatic rings. The average Bonchev–Trinajstić information content (AvgIpc) is 2.79. The quantitative estimate of drug-likeness (QED) is 0.438. The minimum Gasteiger partial charge on any atom is -0.395 e. The SMILES string of the molecule is O=[N+]([O-])c1nc(CO)cn1CC(CO)(CO)CF. The van der Waals surface area contributed by atoms with Crippen LogP contribution in [0.15, 0.2) is 6.20 Å². The number of aromatic nitrogens is 2. The van der Waals surface area contributed by atoms with E-state index >= 15 is 0 Å². The number of imidazole rings is 1. The highest BCUT2D eigenvalue weighted by molar-refractivity contribution is 5.14. The van der Waals surface area contributed by atoms with Gasteiger partial charge < -0.3 is 25.4 Å². The van der Waals surface area contributed by atoms with Crippen molar-refractivity contribution in [3.8, 4) is 0 Å². The van der Waals surface area contributed by atoms with E-state index in [4.69, 9.17) is 15.3 Å². The van der Waals surface area contributed by atoms with Crippen LogP contribution in [0, 0.1) is 15.5 Å². The molecule has 3 N–H and O–H groups in total. The topological polar surface area (TPSA) is 122 Å². The third kappa shape index (κ3) is 2.81. The van der Waals surface area contributed by atoms with Crippen LogP contribution >= 0.6 is 0 Å². The Morgan fingerprint density at radius 2 is 2.06 bits per heavy atom. The number of rotatable bonds is 7. The Hall–Kier alpha value is -1.58. The zero-order chi connectivity index (χ0) is 13.8. The van der Waals surface area contributed by atoms with Crippen LogP contribution in [0.1, 0.15) is 5.69 Å². The van der Waals surface area contributed by atoms with Gasteiger partial charge in [-0.25, -0.2) is 4.57 Å². The summed E-state index contributed by atoms with van der Waals surface area (Å²) >= 11 is 0. The van der Waals surface area contributed by atoms with Crippen LogP contribution in [-0.2, 0) is 13.2 Å². The molecular formula is C9H14FN3O5. The Labute approximate surface area is 101 Å². The number of halogens is 1. The highest BCUT2D eigenvalue weighted by atomic mass is 19.1. The molecule has 1 aromatic rings. The zero-order valence-corrected chi connectivity index (χ0v) is 9.49. The predicted octanol–water partition coefficient (Wildman–Crippen LogP) is -0.776. The average molecular weight is 263 g/mol. The molecule has 0 spiro atoms. The van der Waals surface area contributed by atoms with Gasteiger partial charge in [0, 0.05) is 0 Å². The molecule has 0 saturated carbocycles. The molecule has 18 heavy (non-hydrogen) atoms. The highest BCUT2D eigenvalue weighted by Crippen LogP contribution is 2.23. The molecule has 1 aromatic heterocycles. The van der Waals surface area contributed by atoms with E-state index in [0.717, 1.165) is 4.57 Å². The van der Waals surface area contributed by atoms with E-state index in [1.807, 2.05) is 0 Å². The van der Waals surface area contributed by atoms with E-state index in [1.165, 1.54) is 6.20 Å². The summed E-state index contributed by atoms with van der Waals surface area (Å²) < 4.78 is 13.8. The molecule has 0 aliphatic carbocycles. The van der Waals surface area contributed by atoms with E-state index in [1.54, 1.807) is 0 Å². The first kappa shape index (κ1) is 14.5. The van der Waals surface area contributed by atoms with Crippen molar-refractivity contribution in [2.75, 3.05) is 19.9 Å². The molecule has 102 valence electrons. The highest BCUT2D eigenvalue weighted by Gasteiger charge is 2.34. The number of alkyl halides is 1. The number of aliphatic hydroxyl groups excluding tert-OH is 3. The summed E-state index contributed by atoms with van der Waals surface area (Å²) in [5, 5.41) is 37.7. The van der Waals surface area contributed by atoms with Gasteiger partial charge in [-0.2, -0.15) is 0 Å². The number of nitro groups is 1. The molecule has 8 nitrogen and oxygen atoms in total. The molecule has 1 rings (SSSR count). The van der Waals surface area contributed by atoms with Crippen molar-refractivity contribution in [1.29, 1.82) is 0 Å². The van der Waals surface area contributed by atoms with Crippen molar-refractivity contribution in [2.24, 2.45) is 5.41 Å². The predicted molar refractivity (Wildman–Crippen MR) is 57.4 cm³/mol. The minimum atomic E-state index is -1.50. The maximum absolute atomic E-state index is 12.8. The molecule has 0 aromatic carbocycles. The lowest BCUT2D eigenvalue weighted by Gasteiger charge is -2.24. The summed E-state index contributed by atoms with van der Waals surface area (Å²) in [4.78, 5) is 13.5. The molecule has 0 atom stereocenters. The van der Waals surface area contributed by atoms with Crippen LogP contribution in [0.25, 0.3) is 0 Å². The fourth-order valence-electron chi connectivity index (χ4n) is 1.44. The lowest BCUT2D eigenvalue weighted by atomic mass is 9.92. The molecule has 0 amide bonds. The second-order valence-corrected chi connectivity index (χ2v) is 4.03. The van der Waals surface area contributed by atoms with Crippen molar-refractivity contribution in [1.82, 2.24) is 9.55 Å². The van der Waals surface area contributed by atoms with Crippen LogP contribution < -0.4 is 0 Å².